The average molecular weight is 212 g/mol. The van der Waals surface area contributed by atoms with Crippen molar-refractivity contribution in [1.29, 1.82) is 5.26 Å². The Hall–Kier alpha value is -2.61. The maximum atomic E-state index is 10.8. The first-order valence-corrected chi connectivity index (χ1v) is 4.56. The predicted molar refractivity (Wildman–Crippen MR) is 57.4 cm³/mol. The monoisotopic (exact) mass is 212 g/mol. The number of rotatable bonds is 1. The van der Waals surface area contributed by atoms with E-state index in [4.69, 9.17) is 11.0 Å². The van der Waals surface area contributed by atoms with E-state index >= 15 is 0 Å². The summed E-state index contributed by atoms with van der Waals surface area (Å²) in [6, 6.07) is 8.40. The molecule has 0 atom stereocenters. The summed E-state index contributed by atoms with van der Waals surface area (Å²) in [7, 11) is 0. The van der Waals surface area contributed by atoms with Gasteiger partial charge in [0.25, 0.3) is 0 Å². The van der Waals surface area contributed by atoms with E-state index in [-0.39, 0.29) is 0 Å². The van der Waals surface area contributed by atoms with Crippen molar-refractivity contribution in [3.8, 4) is 17.2 Å². The third-order valence-electron chi connectivity index (χ3n) is 2.16. The normalized spacial score (nSPS) is 9.69. The van der Waals surface area contributed by atoms with E-state index in [0.717, 1.165) is 15.8 Å². The summed E-state index contributed by atoms with van der Waals surface area (Å²) in [5.74, 6) is 0. The molecule has 0 bridgehead atoms. The van der Waals surface area contributed by atoms with Crippen molar-refractivity contribution >= 4 is 6.03 Å². The Morgan fingerprint density at radius 1 is 1.31 bits per heavy atom. The van der Waals surface area contributed by atoms with E-state index in [2.05, 4.69) is 5.10 Å². The molecule has 1 heterocycles. The van der Waals surface area contributed by atoms with Crippen LogP contribution in [0.3, 0.4) is 0 Å². The molecule has 0 saturated carbocycles. The van der Waals surface area contributed by atoms with Gasteiger partial charge in [0.05, 0.1) is 17.8 Å². The number of aromatic nitrogens is 2. The quantitative estimate of drug-likeness (QED) is 0.774. The van der Waals surface area contributed by atoms with Gasteiger partial charge in [-0.1, -0.05) is 12.1 Å². The Labute approximate surface area is 91.7 Å². The number of hydrogen-bond donors (Lipinski definition) is 1. The van der Waals surface area contributed by atoms with Crippen LogP contribution >= 0.6 is 0 Å². The number of carbonyl (C=O) groups excluding carboxylic acids is 1. The third-order valence-corrected chi connectivity index (χ3v) is 2.16. The van der Waals surface area contributed by atoms with Crippen molar-refractivity contribution in [1.82, 2.24) is 9.78 Å². The fourth-order valence-electron chi connectivity index (χ4n) is 1.33. The number of primary amides is 1. The van der Waals surface area contributed by atoms with Crippen LogP contribution in [-0.4, -0.2) is 15.8 Å². The second-order valence-electron chi connectivity index (χ2n) is 3.20. The molecule has 5 heteroatoms. The molecule has 2 N–H and O–H groups in total. The van der Waals surface area contributed by atoms with Crippen LogP contribution in [0.5, 0.6) is 0 Å². The second kappa shape index (κ2) is 3.87. The SMILES string of the molecule is N#Cc1ccc(-c2cnn(C(N)=O)c2)cc1. The van der Waals surface area contributed by atoms with Crippen molar-refractivity contribution in [3.05, 3.63) is 42.2 Å². The molecule has 1 aromatic heterocycles. The van der Waals surface area contributed by atoms with Crippen molar-refractivity contribution in [2.24, 2.45) is 5.73 Å². The highest BCUT2D eigenvalue weighted by Crippen LogP contribution is 2.18. The molecule has 1 aromatic carbocycles. The van der Waals surface area contributed by atoms with Gasteiger partial charge in [0.2, 0.25) is 0 Å². The molecule has 78 valence electrons. The minimum absolute atomic E-state index is 0.589. The van der Waals surface area contributed by atoms with Gasteiger partial charge in [-0.25, -0.2) is 4.79 Å². The third kappa shape index (κ3) is 1.77. The van der Waals surface area contributed by atoms with E-state index in [1.807, 2.05) is 6.07 Å². The zero-order valence-corrected chi connectivity index (χ0v) is 8.29. The summed E-state index contributed by atoms with van der Waals surface area (Å²) in [6.45, 7) is 0. The number of benzene rings is 1. The van der Waals surface area contributed by atoms with Crippen LogP contribution in [0.1, 0.15) is 5.56 Å². The summed E-state index contributed by atoms with van der Waals surface area (Å²) >= 11 is 0. The minimum Gasteiger partial charge on any atom is -0.350 e. The highest BCUT2D eigenvalue weighted by atomic mass is 16.2. The lowest BCUT2D eigenvalue weighted by atomic mass is 10.1. The Morgan fingerprint density at radius 3 is 2.50 bits per heavy atom. The van der Waals surface area contributed by atoms with Crippen molar-refractivity contribution in [2.75, 3.05) is 0 Å². The van der Waals surface area contributed by atoms with E-state index in [1.165, 1.54) is 0 Å². The smallest absolute Gasteiger partial charge is 0.339 e. The van der Waals surface area contributed by atoms with Crippen molar-refractivity contribution in [3.63, 3.8) is 0 Å². The van der Waals surface area contributed by atoms with E-state index in [9.17, 15) is 4.79 Å². The Bertz CT molecular complexity index is 562. The highest BCUT2D eigenvalue weighted by Gasteiger charge is 2.04. The van der Waals surface area contributed by atoms with Gasteiger partial charge < -0.3 is 5.73 Å². The Balaban J connectivity index is 2.36. The molecule has 2 rings (SSSR count). The van der Waals surface area contributed by atoms with Crippen LogP contribution in [0, 0.1) is 11.3 Å². The lowest BCUT2D eigenvalue weighted by molar-refractivity contribution is 0.247. The lowest BCUT2D eigenvalue weighted by Crippen LogP contribution is -2.19. The fraction of sp³-hybridized carbons (Fsp3) is 0. The summed E-state index contributed by atoms with van der Waals surface area (Å²) in [5, 5.41) is 12.5. The molecule has 0 spiro atoms. The maximum Gasteiger partial charge on any atom is 0.339 e. The summed E-state index contributed by atoms with van der Waals surface area (Å²) < 4.78 is 1.06. The van der Waals surface area contributed by atoms with Gasteiger partial charge in [0, 0.05) is 11.8 Å². The second-order valence-corrected chi connectivity index (χ2v) is 3.20. The van der Waals surface area contributed by atoms with Crippen LogP contribution in [-0.2, 0) is 0 Å². The Kier molecular flexibility index (Phi) is 2.40. The summed E-state index contributed by atoms with van der Waals surface area (Å²) in [5.41, 5.74) is 7.32. The molecular weight excluding hydrogens is 204 g/mol. The van der Waals surface area contributed by atoms with E-state index < -0.39 is 6.03 Å². The number of carbonyl (C=O) groups is 1. The van der Waals surface area contributed by atoms with Crippen molar-refractivity contribution in [2.45, 2.75) is 0 Å². The van der Waals surface area contributed by atoms with Gasteiger partial charge in [0.15, 0.2) is 0 Å². The fourth-order valence-corrected chi connectivity index (χ4v) is 1.33. The largest absolute Gasteiger partial charge is 0.350 e. The number of nitrogens with two attached hydrogens (primary N) is 1. The van der Waals surface area contributed by atoms with Gasteiger partial charge in [-0.2, -0.15) is 15.0 Å². The molecular formula is C11H8N4O. The number of amides is 1. The van der Waals surface area contributed by atoms with Gasteiger partial charge in [0.1, 0.15) is 0 Å². The van der Waals surface area contributed by atoms with Crippen LogP contribution in [0.2, 0.25) is 0 Å². The van der Waals surface area contributed by atoms with E-state index in [0.29, 0.717) is 5.56 Å². The zero-order chi connectivity index (χ0) is 11.5. The summed E-state index contributed by atoms with van der Waals surface area (Å²) in [4.78, 5) is 10.8. The standard InChI is InChI=1S/C11H8N4O/c12-5-8-1-3-9(4-2-8)10-6-14-15(7-10)11(13)16/h1-4,6-7H,(H2,13,16). The van der Waals surface area contributed by atoms with E-state index in [1.54, 1.807) is 36.7 Å². The highest BCUT2D eigenvalue weighted by molar-refractivity contribution is 5.75. The number of hydrogen-bond acceptors (Lipinski definition) is 3. The lowest BCUT2D eigenvalue weighted by Gasteiger charge is -1.96. The Morgan fingerprint density at radius 2 is 2.00 bits per heavy atom. The molecule has 0 aliphatic rings. The zero-order valence-electron chi connectivity index (χ0n) is 8.29. The molecule has 0 radical (unpaired) electrons. The summed E-state index contributed by atoms with van der Waals surface area (Å²) in [6.07, 6.45) is 3.09. The molecule has 0 aliphatic heterocycles. The molecule has 5 nitrogen and oxygen atoms in total. The van der Waals surface area contributed by atoms with Gasteiger partial charge >= 0.3 is 6.03 Å². The van der Waals surface area contributed by atoms with Crippen molar-refractivity contribution < 1.29 is 4.79 Å². The first kappa shape index (κ1) is 9.93. The minimum atomic E-state index is -0.625. The van der Waals surface area contributed by atoms with Gasteiger partial charge in [-0.3, -0.25) is 0 Å². The topological polar surface area (TPSA) is 84.7 Å². The predicted octanol–water partition coefficient (Wildman–Crippen LogP) is 1.35. The molecule has 1 amide bonds. The molecule has 16 heavy (non-hydrogen) atoms. The average Bonchev–Trinajstić information content (AvgIpc) is 2.78. The molecule has 0 unspecified atom stereocenters. The van der Waals surface area contributed by atoms with Crippen LogP contribution in [0.15, 0.2) is 36.7 Å². The molecule has 0 fully saturated rings. The van der Waals surface area contributed by atoms with Gasteiger partial charge in [-0.05, 0) is 17.7 Å². The number of nitriles is 1. The molecule has 2 aromatic rings. The molecule has 0 saturated heterocycles. The van der Waals surface area contributed by atoms with Crippen LogP contribution in [0.25, 0.3) is 11.1 Å². The first-order valence-electron chi connectivity index (χ1n) is 4.56. The van der Waals surface area contributed by atoms with Crippen LogP contribution < -0.4 is 5.73 Å². The molecule has 0 aliphatic carbocycles. The first-order chi connectivity index (χ1) is 7.70. The van der Waals surface area contributed by atoms with Gasteiger partial charge in [-0.15, -0.1) is 0 Å². The maximum absolute atomic E-state index is 10.8. The van der Waals surface area contributed by atoms with Crippen LogP contribution in [0.4, 0.5) is 4.79 Å². The number of nitrogens with zero attached hydrogens (tertiary/aromatic N) is 3.